The zero-order valence-electron chi connectivity index (χ0n) is 15.0. The first-order valence-electron chi connectivity index (χ1n) is 8.32. The van der Waals surface area contributed by atoms with Gasteiger partial charge in [0.15, 0.2) is 0 Å². The molecule has 3 aromatic rings. The van der Waals surface area contributed by atoms with E-state index in [1.165, 1.54) is 25.1 Å². The van der Waals surface area contributed by atoms with Crippen LogP contribution in [0.4, 0.5) is 18.9 Å². The largest absolute Gasteiger partial charge is 0.416 e. The second kappa shape index (κ2) is 7.30. The quantitative estimate of drug-likeness (QED) is 0.733. The number of hydrogen-bond donors (Lipinski definition) is 1. The molecule has 0 aliphatic heterocycles. The fourth-order valence-corrected chi connectivity index (χ4v) is 2.78. The number of nitrogens with one attached hydrogen (secondary N) is 1. The summed E-state index contributed by atoms with van der Waals surface area (Å²) in [6, 6.07) is 12.5. The summed E-state index contributed by atoms with van der Waals surface area (Å²) in [4.78, 5) is 23.7. The standard InChI is InChI=1S/C20H16F3N3O2/c1-12-18(14-4-3-5-16(10-14)24-13(2)27)11-19(28)26(25-12)17-8-6-15(7-9-17)20(21,22)23/h3-11H,1-2H3,(H,24,27). The molecule has 0 radical (unpaired) electrons. The van der Waals surface area contributed by atoms with Crippen molar-refractivity contribution < 1.29 is 18.0 Å². The average molecular weight is 387 g/mol. The molecule has 0 saturated heterocycles. The topological polar surface area (TPSA) is 64.0 Å². The highest BCUT2D eigenvalue weighted by molar-refractivity contribution is 5.89. The van der Waals surface area contributed by atoms with Crippen molar-refractivity contribution in [1.29, 1.82) is 0 Å². The van der Waals surface area contributed by atoms with Crippen molar-refractivity contribution in [2.75, 3.05) is 5.32 Å². The van der Waals surface area contributed by atoms with Crippen molar-refractivity contribution in [3.05, 3.63) is 76.2 Å². The van der Waals surface area contributed by atoms with Gasteiger partial charge in [-0.15, -0.1) is 0 Å². The second-order valence-corrected chi connectivity index (χ2v) is 6.20. The van der Waals surface area contributed by atoms with Gasteiger partial charge in [0.25, 0.3) is 5.56 Å². The SMILES string of the molecule is CC(=O)Nc1cccc(-c2cc(=O)n(-c3ccc(C(F)(F)F)cc3)nc2C)c1. The minimum Gasteiger partial charge on any atom is -0.326 e. The minimum atomic E-state index is -4.45. The van der Waals surface area contributed by atoms with Crippen LogP contribution < -0.4 is 10.9 Å². The summed E-state index contributed by atoms with van der Waals surface area (Å²) in [6.45, 7) is 3.09. The van der Waals surface area contributed by atoms with E-state index < -0.39 is 17.3 Å². The summed E-state index contributed by atoms with van der Waals surface area (Å²) < 4.78 is 39.2. The number of hydrogen-bond acceptors (Lipinski definition) is 3. The summed E-state index contributed by atoms with van der Waals surface area (Å²) >= 11 is 0. The second-order valence-electron chi connectivity index (χ2n) is 6.20. The number of alkyl halides is 3. The molecule has 3 rings (SSSR count). The number of aryl methyl sites for hydroxylation is 1. The van der Waals surface area contributed by atoms with E-state index in [9.17, 15) is 22.8 Å². The number of carbonyl (C=O) groups is 1. The molecule has 0 atom stereocenters. The van der Waals surface area contributed by atoms with Gasteiger partial charge in [0.1, 0.15) is 0 Å². The van der Waals surface area contributed by atoms with Crippen LogP contribution in [-0.2, 0) is 11.0 Å². The van der Waals surface area contributed by atoms with E-state index in [0.29, 0.717) is 22.5 Å². The smallest absolute Gasteiger partial charge is 0.326 e. The molecule has 1 N–H and O–H groups in total. The Morgan fingerprint density at radius 3 is 2.36 bits per heavy atom. The number of halogens is 3. The number of amides is 1. The molecule has 5 nitrogen and oxygen atoms in total. The van der Waals surface area contributed by atoms with Crippen molar-refractivity contribution in [3.8, 4) is 16.8 Å². The molecule has 2 aromatic carbocycles. The lowest BCUT2D eigenvalue weighted by Crippen LogP contribution is -2.22. The lowest BCUT2D eigenvalue weighted by Gasteiger charge is -2.12. The van der Waals surface area contributed by atoms with Crippen LogP contribution in [0, 0.1) is 6.92 Å². The third-order valence-electron chi connectivity index (χ3n) is 4.05. The summed E-state index contributed by atoms with van der Waals surface area (Å²) in [5, 5.41) is 6.91. The molecule has 1 heterocycles. The van der Waals surface area contributed by atoms with Crippen LogP contribution in [0.5, 0.6) is 0 Å². The summed E-state index contributed by atoms with van der Waals surface area (Å²) in [7, 11) is 0. The summed E-state index contributed by atoms with van der Waals surface area (Å²) in [5.74, 6) is -0.218. The van der Waals surface area contributed by atoms with E-state index in [-0.39, 0.29) is 11.6 Å². The van der Waals surface area contributed by atoms with Crippen molar-refractivity contribution >= 4 is 11.6 Å². The highest BCUT2D eigenvalue weighted by Gasteiger charge is 2.30. The van der Waals surface area contributed by atoms with E-state index in [0.717, 1.165) is 16.8 Å². The van der Waals surface area contributed by atoms with Gasteiger partial charge in [-0.05, 0) is 48.9 Å². The van der Waals surface area contributed by atoms with Crippen molar-refractivity contribution in [2.24, 2.45) is 0 Å². The number of rotatable bonds is 3. The Hall–Kier alpha value is -3.42. The Labute approximate surface area is 158 Å². The van der Waals surface area contributed by atoms with Gasteiger partial charge in [-0.25, -0.2) is 0 Å². The fraction of sp³-hybridized carbons (Fsp3) is 0.150. The molecule has 0 saturated carbocycles. The van der Waals surface area contributed by atoms with Crippen LogP contribution in [0.15, 0.2) is 59.4 Å². The third kappa shape index (κ3) is 4.11. The van der Waals surface area contributed by atoms with Gasteiger partial charge in [-0.1, -0.05) is 12.1 Å². The molecule has 8 heteroatoms. The number of nitrogens with zero attached hydrogens (tertiary/aromatic N) is 2. The van der Waals surface area contributed by atoms with E-state index >= 15 is 0 Å². The van der Waals surface area contributed by atoms with Crippen LogP contribution in [-0.4, -0.2) is 15.7 Å². The number of anilines is 1. The predicted molar refractivity (Wildman–Crippen MR) is 99.3 cm³/mol. The molecule has 0 fully saturated rings. The third-order valence-corrected chi connectivity index (χ3v) is 4.05. The van der Waals surface area contributed by atoms with Crippen LogP contribution in [0.1, 0.15) is 18.2 Å². The molecule has 0 bridgehead atoms. The van der Waals surface area contributed by atoms with Crippen LogP contribution in [0.2, 0.25) is 0 Å². The first-order chi connectivity index (χ1) is 13.1. The molecule has 0 unspecified atom stereocenters. The molecule has 0 aliphatic rings. The summed E-state index contributed by atoms with van der Waals surface area (Å²) in [6.07, 6.45) is -4.45. The van der Waals surface area contributed by atoms with Crippen LogP contribution in [0.25, 0.3) is 16.8 Å². The lowest BCUT2D eigenvalue weighted by molar-refractivity contribution is -0.137. The molecular formula is C20H16F3N3O2. The first kappa shape index (κ1) is 19.3. The molecule has 0 aliphatic carbocycles. The predicted octanol–water partition coefficient (Wildman–Crippen LogP) is 4.19. The number of carbonyl (C=O) groups excluding carboxylic acids is 1. The Kier molecular flexibility index (Phi) is 5.04. The fourth-order valence-electron chi connectivity index (χ4n) is 2.78. The van der Waals surface area contributed by atoms with Gasteiger partial charge in [-0.3, -0.25) is 9.59 Å². The Morgan fingerprint density at radius 1 is 1.07 bits per heavy atom. The maximum absolute atomic E-state index is 12.7. The van der Waals surface area contributed by atoms with Crippen molar-refractivity contribution in [1.82, 2.24) is 9.78 Å². The van der Waals surface area contributed by atoms with Gasteiger partial charge in [0, 0.05) is 24.2 Å². The number of benzene rings is 2. The molecule has 28 heavy (non-hydrogen) atoms. The molecule has 1 aromatic heterocycles. The van der Waals surface area contributed by atoms with E-state index in [1.807, 2.05) is 0 Å². The average Bonchev–Trinajstić information content (AvgIpc) is 2.62. The van der Waals surface area contributed by atoms with E-state index in [4.69, 9.17) is 0 Å². The van der Waals surface area contributed by atoms with Crippen molar-refractivity contribution in [3.63, 3.8) is 0 Å². The summed E-state index contributed by atoms with van der Waals surface area (Å²) in [5.41, 5.74) is 1.31. The lowest BCUT2D eigenvalue weighted by atomic mass is 10.0. The van der Waals surface area contributed by atoms with Crippen LogP contribution >= 0.6 is 0 Å². The van der Waals surface area contributed by atoms with E-state index in [1.54, 1.807) is 31.2 Å². The van der Waals surface area contributed by atoms with Gasteiger partial charge in [-0.2, -0.15) is 23.0 Å². The van der Waals surface area contributed by atoms with E-state index in [2.05, 4.69) is 10.4 Å². The zero-order valence-corrected chi connectivity index (χ0v) is 15.0. The number of aromatic nitrogens is 2. The van der Waals surface area contributed by atoms with Gasteiger partial charge >= 0.3 is 6.18 Å². The zero-order chi connectivity index (χ0) is 20.5. The minimum absolute atomic E-state index is 0.218. The molecule has 144 valence electrons. The Balaban J connectivity index is 2.00. The highest BCUT2D eigenvalue weighted by atomic mass is 19.4. The van der Waals surface area contributed by atoms with Gasteiger partial charge in [0.2, 0.25) is 5.91 Å². The maximum atomic E-state index is 12.7. The highest BCUT2D eigenvalue weighted by Crippen LogP contribution is 2.29. The first-order valence-corrected chi connectivity index (χ1v) is 8.32. The van der Waals surface area contributed by atoms with Crippen LogP contribution in [0.3, 0.4) is 0 Å². The Morgan fingerprint density at radius 2 is 1.75 bits per heavy atom. The van der Waals surface area contributed by atoms with Gasteiger partial charge < -0.3 is 5.32 Å². The molecule has 1 amide bonds. The molecule has 0 spiro atoms. The van der Waals surface area contributed by atoms with Crippen molar-refractivity contribution in [2.45, 2.75) is 20.0 Å². The molecular weight excluding hydrogens is 371 g/mol. The monoisotopic (exact) mass is 387 g/mol. The van der Waals surface area contributed by atoms with Gasteiger partial charge in [0.05, 0.1) is 16.9 Å². The normalized spacial score (nSPS) is 11.3. The Bertz CT molecular complexity index is 1090. The maximum Gasteiger partial charge on any atom is 0.416 e.